The molecular weight excluding hydrogens is 173 g/mol. The summed E-state index contributed by atoms with van der Waals surface area (Å²) in [5.41, 5.74) is 5.98. The van der Waals surface area contributed by atoms with Crippen LogP contribution in [0.15, 0.2) is 24.0 Å². The second kappa shape index (κ2) is 4.38. The number of hydrogen-bond acceptors (Lipinski definition) is 2. The van der Waals surface area contributed by atoms with Crippen LogP contribution in [0.2, 0.25) is 0 Å². The van der Waals surface area contributed by atoms with Gasteiger partial charge in [0.15, 0.2) is 0 Å². The number of rotatable bonds is 3. The van der Waals surface area contributed by atoms with Crippen molar-refractivity contribution in [3.05, 3.63) is 33.8 Å². The molecule has 0 radical (unpaired) electrons. The summed E-state index contributed by atoms with van der Waals surface area (Å²) >= 11 is 1.68. The van der Waals surface area contributed by atoms with E-state index < -0.39 is 0 Å². The van der Waals surface area contributed by atoms with Crippen LogP contribution in [0, 0.1) is 6.92 Å². The topological polar surface area (TPSA) is 26.0 Å². The predicted octanol–water partition coefficient (Wildman–Crippen LogP) is 2.41. The zero-order valence-electron chi connectivity index (χ0n) is 7.01. The van der Waals surface area contributed by atoms with E-state index in [1.54, 1.807) is 11.3 Å². The van der Waals surface area contributed by atoms with Gasteiger partial charge >= 0.3 is 0 Å². The Morgan fingerprint density at radius 1 is 1.67 bits per heavy atom. The minimum Gasteiger partial charge on any atom is -0.327 e. The Labute approximate surface area is 75.7 Å². The summed E-state index contributed by atoms with van der Waals surface area (Å²) in [5.74, 6) is 0. The van der Waals surface area contributed by atoms with Crippen molar-refractivity contribution in [1.82, 2.24) is 0 Å². The van der Waals surface area contributed by atoms with E-state index in [0.717, 1.165) is 0 Å². The van der Waals surface area contributed by atoms with Gasteiger partial charge in [-0.15, -0.1) is 11.3 Å². The summed E-state index contributed by atoms with van der Waals surface area (Å²) in [6.07, 6.45) is 1.25. The third kappa shape index (κ3) is 2.43. The monoisotopic (exact) mass is 185 g/mol. The molecule has 0 aromatic carbocycles. The summed E-state index contributed by atoms with van der Waals surface area (Å²) in [7, 11) is 0. The van der Waals surface area contributed by atoms with Crippen molar-refractivity contribution in [3.8, 4) is 0 Å². The van der Waals surface area contributed by atoms with Crippen LogP contribution in [0.3, 0.4) is 0 Å². The highest BCUT2D eigenvalue weighted by Crippen LogP contribution is 2.18. The van der Waals surface area contributed by atoms with E-state index >= 15 is 0 Å². The van der Waals surface area contributed by atoms with Gasteiger partial charge in [-0.05, 0) is 24.6 Å². The maximum Gasteiger partial charge on any atom is 0.0875 e. The van der Waals surface area contributed by atoms with Gasteiger partial charge in [0.25, 0.3) is 0 Å². The van der Waals surface area contributed by atoms with Crippen molar-refractivity contribution in [1.29, 1.82) is 0 Å². The van der Waals surface area contributed by atoms with Crippen molar-refractivity contribution < 1.29 is 4.39 Å². The summed E-state index contributed by atoms with van der Waals surface area (Å²) in [4.78, 5) is 2.42. The lowest BCUT2D eigenvalue weighted by Gasteiger charge is -1.98. The molecule has 0 aliphatic carbocycles. The highest BCUT2D eigenvalue weighted by atomic mass is 32.1. The number of halogens is 1. The fourth-order valence-corrected chi connectivity index (χ4v) is 1.90. The van der Waals surface area contributed by atoms with Crippen LogP contribution < -0.4 is 5.73 Å². The van der Waals surface area contributed by atoms with E-state index in [2.05, 4.69) is 0 Å². The van der Waals surface area contributed by atoms with Crippen LogP contribution in [-0.4, -0.2) is 6.54 Å². The number of nitrogens with two attached hydrogens (primary N) is 1. The van der Waals surface area contributed by atoms with E-state index in [-0.39, 0.29) is 0 Å². The van der Waals surface area contributed by atoms with Gasteiger partial charge in [0.2, 0.25) is 0 Å². The van der Waals surface area contributed by atoms with E-state index in [0.29, 0.717) is 24.9 Å². The van der Waals surface area contributed by atoms with Crippen LogP contribution >= 0.6 is 11.3 Å². The molecule has 0 unspecified atom stereocenters. The smallest absolute Gasteiger partial charge is 0.0875 e. The Kier molecular flexibility index (Phi) is 3.44. The van der Waals surface area contributed by atoms with E-state index in [1.807, 2.05) is 19.1 Å². The molecule has 1 nitrogen and oxygen atoms in total. The van der Waals surface area contributed by atoms with Gasteiger partial charge in [0.05, 0.1) is 6.33 Å². The molecule has 1 rings (SSSR count). The second-order valence-electron chi connectivity index (χ2n) is 2.66. The number of thiophene rings is 1. The minimum absolute atomic E-state index is 0.299. The molecule has 12 heavy (non-hydrogen) atoms. The standard InChI is InChI=1S/C9H12FNS/c1-7-2-3-9(12-7)4-8(5-10)6-11/h2-3,5H,4,6,11H2,1H3/b8-5-. The second-order valence-corrected chi connectivity index (χ2v) is 4.03. The lowest BCUT2D eigenvalue weighted by Crippen LogP contribution is -2.04. The van der Waals surface area contributed by atoms with Crippen LogP contribution in [0.4, 0.5) is 4.39 Å². The molecule has 0 spiro atoms. The van der Waals surface area contributed by atoms with E-state index in [4.69, 9.17) is 5.73 Å². The molecule has 2 N–H and O–H groups in total. The van der Waals surface area contributed by atoms with Gasteiger partial charge in [0, 0.05) is 22.7 Å². The molecular formula is C9H12FNS. The van der Waals surface area contributed by atoms with Crippen molar-refractivity contribution in [2.24, 2.45) is 5.73 Å². The van der Waals surface area contributed by atoms with Crippen molar-refractivity contribution in [3.63, 3.8) is 0 Å². The summed E-state index contributed by atoms with van der Waals surface area (Å²) in [5, 5.41) is 0. The molecule has 1 aromatic heterocycles. The van der Waals surface area contributed by atoms with Crippen molar-refractivity contribution in [2.75, 3.05) is 6.54 Å². The number of aryl methyl sites for hydroxylation is 1. The van der Waals surface area contributed by atoms with Gasteiger partial charge < -0.3 is 5.73 Å². The van der Waals surface area contributed by atoms with E-state index in [9.17, 15) is 4.39 Å². The first-order chi connectivity index (χ1) is 5.76. The Balaban J connectivity index is 2.63. The Hall–Kier alpha value is -0.670. The lowest BCUT2D eigenvalue weighted by molar-refractivity contribution is 0.700. The summed E-state index contributed by atoms with van der Waals surface area (Å²) in [6.45, 7) is 2.34. The molecule has 0 saturated heterocycles. The molecule has 0 bridgehead atoms. The normalized spacial score (nSPS) is 12.1. The van der Waals surface area contributed by atoms with Gasteiger partial charge in [-0.2, -0.15) is 0 Å². The molecule has 0 atom stereocenters. The largest absolute Gasteiger partial charge is 0.327 e. The summed E-state index contributed by atoms with van der Waals surface area (Å²) in [6, 6.07) is 4.05. The molecule has 0 fully saturated rings. The fourth-order valence-electron chi connectivity index (χ4n) is 0.959. The average molecular weight is 185 g/mol. The molecule has 0 aliphatic rings. The zero-order chi connectivity index (χ0) is 8.97. The van der Waals surface area contributed by atoms with Crippen LogP contribution in [0.25, 0.3) is 0 Å². The molecule has 0 aliphatic heterocycles. The zero-order valence-corrected chi connectivity index (χ0v) is 7.83. The molecule has 0 saturated carbocycles. The molecule has 66 valence electrons. The SMILES string of the molecule is Cc1ccc(C/C(=C/F)CN)s1. The highest BCUT2D eigenvalue weighted by molar-refractivity contribution is 7.11. The van der Waals surface area contributed by atoms with Gasteiger partial charge in [-0.1, -0.05) is 0 Å². The third-order valence-corrected chi connectivity index (χ3v) is 2.61. The Morgan fingerprint density at radius 2 is 2.42 bits per heavy atom. The van der Waals surface area contributed by atoms with Gasteiger partial charge in [-0.25, -0.2) is 4.39 Å². The van der Waals surface area contributed by atoms with Crippen LogP contribution in [0.1, 0.15) is 9.75 Å². The minimum atomic E-state index is 0.299. The Morgan fingerprint density at radius 3 is 2.83 bits per heavy atom. The van der Waals surface area contributed by atoms with Crippen LogP contribution in [-0.2, 0) is 6.42 Å². The van der Waals surface area contributed by atoms with Gasteiger partial charge in [-0.3, -0.25) is 0 Å². The van der Waals surface area contributed by atoms with Crippen LogP contribution in [0.5, 0.6) is 0 Å². The predicted molar refractivity (Wildman–Crippen MR) is 51.0 cm³/mol. The Bertz CT molecular complexity index is 278. The first-order valence-corrected chi connectivity index (χ1v) is 4.61. The van der Waals surface area contributed by atoms with Crippen molar-refractivity contribution in [2.45, 2.75) is 13.3 Å². The van der Waals surface area contributed by atoms with E-state index in [1.165, 1.54) is 9.75 Å². The first-order valence-electron chi connectivity index (χ1n) is 3.79. The third-order valence-electron chi connectivity index (χ3n) is 1.61. The maximum absolute atomic E-state index is 12.1. The molecule has 1 aromatic rings. The summed E-state index contributed by atoms with van der Waals surface area (Å²) < 4.78 is 12.1. The number of hydrogen-bond donors (Lipinski definition) is 1. The molecule has 3 heteroatoms. The van der Waals surface area contributed by atoms with Gasteiger partial charge in [0.1, 0.15) is 0 Å². The fraction of sp³-hybridized carbons (Fsp3) is 0.333. The first kappa shape index (κ1) is 9.42. The molecule has 1 heterocycles. The maximum atomic E-state index is 12.1. The molecule has 0 amide bonds. The van der Waals surface area contributed by atoms with Crippen molar-refractivity contribution >= 4 is 11.3 Å². The highest BCUT2D eigenvalue weighted by Gasteiger charge is 2.00. The average Bonchev–Trinajstić information content (AvgIpc) is 2.47. The quantitative estimate of drug-likeness (QED) is 0.769. The lowest BCUT2D eigenvalue weighted by atomic mass is 10.2.